The molecule has 1 aromatic rings. The average molecular weight is 307 g/mol. The Morgan fingerprint density at radius 1 is 1.29 bits per heavy atom. The summed E-state index contributed by atoms with van der Waals surface area (Å²) >= 11 is 1.79. The van der Waals surface area contributed by atoms with E-state index in [1.54, 1.807) is 11.8 Å². The van der Waals surface area contributed by atoms with Gasteiger partial charge in [-0.3, -0.25) is 4.79 Å². The van der Waals surface area contributed by atoms with Crippen LogP contribution in [0.2, 0.25) is 0 Å². The van der Waals surface area contributed by atoms with Gasteiger partial charge in [-0.1, -0.05) is 60.8 Å². The van der Waals surface area contributed by atoms with E-state index in [0.29, 0.717) is 5.56 Å². The molecule has 0 unspecified atom stereocenters. The molecule has 0 aliphatic heterocycles. The minimum absolute atomic E-state index is 0. The first-order chi connectivity index (χ1) is 9.82. The summed E-state index contributed by atoms with van der Waals surface area (Å²) in [6, 6.07) is 3.88. The molecule has 0 amide bonds. The maximum Gasteiger partial charge on any atom is 0.185 e. The van der Waals surface area contributed by atoms with Gasteiger partial charge in [0.15, 0.2) is 5.78 Å². The van der Waals surface area contributed by atoms with E-state index < -0.39 is 0 Å². The third kappa shape index (κ3) is 5.92. The molecule has 0 heterocycles. The van der Waals surface area contributed by atoms with E-state index in [9.17, 15) is 4.79 Å². The van der Waals surface area contributed by atoms with E-state index in [0.717, 1.165) is 16.9 Å². The minimum Gasteiger partial charge on any atom is -0.289 e. The van der Waals surface area contributed by atoms with E-state index in [1.165, 1.54) is 11.6 Å². The molecule has 0 atom stereocenters. The van der Waals surface area contributed by atoms with Crippen molar-refractivity contribution in [3.05, 3.63) is 48.1 Å². The molecule has 0 N–H and O–H groups in total. The van der Waals surface area contributed by atoms with Crippen molar-refractivity contribution in [2.75, 3.05) is 0 Å². The normalized spacial score (nSPS) is 10.4. The third-order valence-corrected chi connectivity index (χ3v) is 3.90. The number of hydrogen-bond acceptors (Lipinski definition) is 2. The topological polar surface area (TPSA) is 17.1 Å². The number of ketones is 1. The van der Waals surface area contributed by atoms with Gasteiger partial charge in [-0.15, -0.1) is 11.8 Å². The van der Waals surface area contributed by atoms with Crippen LogP contribution < -0.4 is 0 Å². The van der Waals surface area contributed by atoms with E-state index in [-0.39, 0.29) is 12.0 Å². The Balaban J connectivity index is 0. The van der Waals surface area contributed by atoms with Crippen LogP contribution in [0.25, 0.3) is 6.08 Å². The first-order valence-corrected chi connectivity index (χ1v) is 8.29. The van der Waals surface area contributed by atoms with Crippen LogP contribution in [0, 0.1) is 0 Å². The fourth-order valence-corrected chi connectivity index (χ4v) is 3.14. The van der Waals surface area contributed by atoms with Crippen LogP contribution in [0.4, 0.5) is 0 Å². The van der Waals surface area contributed by atoms with E-state index >= 15 is 0 Å². The van der Waals surface area contributed by atoms with Gasteiger partial charge in [0.1, 0.15) is 0 Å². The van der Waals surface area contributed by atoms with Crippen LogP contribution in [0.3, 0.4) is 0 Å². The van der Waals surface area contributed by atoms with E-state index in [2.05, 4.69) is 40.9 Å². The Kier molecular flexibility index (Phi) is 8.34. The van der Waals surface area contributed by atoms with Crippen LogP contribution >= 0.6 is 11.8 Å². The quantitative estimate of drug-likeness (QED) is 0.354. The predicted octanol–water partition coefficient (Wildman–Crippen LogP) is 6.42. The molecular formula is C19H30OS. The fourth-order valence-electron chi connectivity index (χ4n) is 1.91. The van der Waals surface area contributed by atoms with Crippen molar-refractivity contribution in [3.63, 3.8) is 0 Å². The van der Waals surface area contributed by atoms with Crippen molar-refractivity contribution in [2.24, 2.45) is 0 Å². The molecule has 21 heavy (non-hydrogen) atoms. The Bertz CT molecular complexity index is 513. The van der Waals surface area contributed by atoms with Gasteiger partial charge in [0.25, 0.3) is 0 Å². The number of carbonyl (C=O) groups is 1. The van der Waals surface area contributed by atoms with Gasteiger partial charge in [-0.25, -0.2) is 0 Å². The summed E-state index contributed by atoms with van der Waals surface area (Å²) in [6.45, 7) is 20.1. The van der Waals surface area contributed by atoms with Gasteiger partial charge in [0.2, 0.25) is 0 Å². The predicted molar refractivity (Wildman–Crippen MR) is 99.5 cm³/mol. The first kappa shape index (κ1) is 19.7. The van der Waals surface area contributed by atoms with Gasteiger partial charge in [-0.05, 0) is 35.8 Å². The first-order valence-electron chi connectivity index (χ1n) is 7.47. The Morgan fingerprint density at radius 3 is 2.24 bits per heavy atom. The Labute approximate surface area is 136 Å². The summed E-state index contributed by atoms with van der Waals surface area (Å²) in [6.07, 6.45) is 4.12. The highest BCUT2D eigenvalue weighted by molar-refractivity contribution is 8.00. The number of hydrogen-bond donors (Lipinski definition) is 0. The van der Waals surface area contributed by atoms with Crippen molar-refractivity contribution in [3.8, 4) is 0 Å². The molecule has 0 bridgehead atoms. The SMILES string of the molecule is C=CC(=O)c1cc(C=C)c(CC)c(SC(C)(C)C)c1.CC.[HH]. The second-order valence-corrected chi connectivity index (χ2v) is 7.25. The molecular weight excluding hydrogens is 276 g/mol. The van der Waals surface area contributed by atoms with Gasteiger partial charge in [0, 0.05) is 16.6 Å². The van der Waals surface area contributed by atoms with Crippen LogP contribution in [0.1, 0.15) is 64.5 Å². The maximum absolute atomic E-state index is 11.8. The molecule has 0 fully saturated rings. The number of allylic oxidation sites excluding steroid dienone is 1. The van der Waals surface area contributed by atoms with Crippen LogP contribution in [0.5, 0.6) is 0 Å². The fraction of sp³-hybridized carbons (Fsp3) is 0.421. The molecule has 1 aromatic carbocycles. The molecule has 1 nitrogen and oxygen atoms in total. The van der Waals surface area contributed by atoms with Gasteiger partial charge in [-0.2, -0.15) is 0 Å². The van der Waals surface area contributed by atoms with E-state index in [4.69, 9.17) is 0 Å². The zero-order valence-corrected chi connectivity index (χ0v) is 15.1. The molecule has 0 saturated carbocycles. The second-order valence-electron chi connectivity index (χ2n) is 5.38. The van der Waals surface area contributed by atoms with Crippen LogP contribution in [0.15, 0.2) is 36.3 Å². The van der Waals surface area contributed by atoms with Gasteiger partial charge in [0.05, 0.1) is 0 Å². The molecule has 0 aromatic heterocycles. The molecule has 0 aliphatic rings. The minimum atomic E-state index is -0.0403. The lowest BCUT2D eigenvalue weighted by molar-refractivity contribution is 0.104. The lowest BCUT2D eigenvalue weighted by atomic mass is 10.00. The summed E-state index contributed by atoms with van der Waals surface area (Å²) in [5.41, 5.74) is 2.99. The third-order valence-electron chi connectivity index (χ3n) is 2.70. The molecule has 2 heteroatoms. The summed E-state index contributed by atoms with van der Waals surface area (Å²) in [5.74, 6) is -0.0403. The smallest absolute Gasteiger partial charge is 0.185 e. The zero-order valence-electron chi connectivity index (χ0n) is 14.2. The number of thioether (sulfide) groups is 1. The van der Waals surface area contributed by atoms with Crippen LogP contribution in [-0.4, -0.2) is 10.5 Å². The standard InChI is InChI=1S/C17H22OS.C2H6.H2/c1-7-12-10-13(15(18)9-3)11-16(14(12)8-2)19-17(4,5)6;1-2;/h7,9-11H,1,3,8H2,2,4-6H3;1-2H3;1H. The van der Waals surface area contributed by atoms with Crippen molar-refractivity contribution in [2.45, 2.75) is 57.6 Å². The van der Waals surface area contributed by atoms with Gasteiger partial charge >= 0.3 is 0 Å². The van der Waals surface area contributed by atoms with Crippen molar-refractivity contribution in [1.82, 2.24) is 0 Å². The number of carbonyl (C=O) groups excluding carboxylic acids is 1. The Morgan fingerprint density at radius 2 is 1.86 bits per heavy atom. The van der Waals surface area contributed by atoms with Crippen LogP contribution in [-0.2, 0) is 6.42 Å². The van der Waals surface area contributed by atoms with Gasteiger partial charge < -0.3 is 0 Å². The number of rotatable bonds is 5. The molecule has 0 spiro atoms. The second kappa shape index (κ2) is 8.89. The molecule has 0 radical (unpaired) electrons. The lowest BCUT2D eigenvalue weighted by Gasteiger charge is -2.21. The average Bonchev–Trinajstić information content (AvgIpc) is 2.45. The van der Waals surface area contributed by atoms with Crippen molar-refractivity contribution in [1.29, 1.82) is 0 Å². The number of benzene rings is 1. The van der Waals surface area contributed by atoms with Crippen molar-refractivity contribution >= 4 is 23.6 Å². The highest BCUT2D eigenvalue weighted by Crippen LogP contribution is 2.37. The van der Waals surface area contributed by atoms with E-state index in [1.807, 2.05) is 32.1 Å². The highest BCUT2D eigenvalue weighted by Gasteiger charge is 2.17. The molecule has 1 rings (SSSR count). The summed E-state index contributed by atoms with van der Waals surface area (Å²) in [5, 5.41) is 0. The molecule has 118 valence electrons. The van der Waals surface area contributed by atoms with Crippen molar-refractivity contribution < 1.29 is 6.22 Å². The Hall–Kier alpha value is -1.28. The molecule has 0 saturated heterocycles. The monoisotopic (exact) mass is 306 g/mol. The maximum atomic E-state index is 11.8. The summed E-state index contributed by atoms with van der Waals surface area (Å²) < 4.78 is 0.109. The summed E-state index contributed by atoms with van der Waals surface area (Å²) in [4.78, 5) is 13.0. The zero-order chi connectivity index (χ0) is 16.6. The largest absolute Gasteiger partial charge is 0.289 e. The molecule has 0 aliphatic carbocycles. The summed E-state index contributed by atoms with van der Waals surface area (Å²) in [7, 11) is 0. The lowest BCUT2D eigenvalue weighted by Crippen LogP contribution is -2.09. The highest BCUT2D eigenvalue weighted by atomic mass is 32.2.